The third-order valence-electron chi connectivity index (χ3n) is 7.49. The summed E-state index contributed by atoms with van der Waals surface area (Å²) in [5, 5.41) is 10.3. The van der Waals surface area contributed by atoms with Crippen LogP contribution in [0.15, 0.2) is 70.7 Å². The number of carbonyl (C=O) groups excluding carboxylic acids is 1. The van der Waals surface area contributed by atoms with E-state index in [4.69, 9.17) is 19.4 Å². The zero-order valence-electron chi connectivity index (χ0n) is 23.9. The summed E-state index contributed by atoms with van der Waals surface area (Å²) >= 11 is 3.36. The first-order valence-electron chi connectivity index (χ1n) is 14.0. The number of benzene rings is 3. The lowest BCUT2D eigenvalue weighted by atomic mass is 9.93. The van der Waals surface area contributed by atoms with Gasteiger partial charge in [-0.25, -0.2) is 4.39 Å². The van der Waals surface area contributed by atoms with Gasteiger partial charge in [0.15, 0.2) is 0 Å². The third-order valence-corrected chi connectivity index (χ3v) is 8.14. The van der Waals surface area contributed by atoms with E-state index in [0.717, 1.165) is 48.3 Å². The van der Waals surface area contributed by atoms with Crippen LogP contribution < -0.4 is 14.8 Å². The van der Waals surface area contributed by atoms with Crippen LogP contribution in [-0.2, 0) is 16.1 Å². The number of rotatable bonds is 10. The maximum Gasteiger partial charge on any atom is 0.290 e. The van der Waals surface area contributed by atoms with Crippen LogP contribution in [-0.4, -0.2) is 54.7 Å². The number of hydrogen-bond acceptors (Lipinski definition) is 5. The van der Waals surface area contributed by atoms with Crippen molar-refractivity contribution in [3.63, 3.8) is 0 Å². The van der Waals surface area contributed by atoms with Crippen molar-refractivity contribution >= 4 is 33.9 Å². The summed E-state index contributed by atoms with van der Waals surface area (Å²) in [7, 11) is 0. The van der Waals surface area contributed by atoms with Gasteiger partial charge in [-0.15, -0.1) is 0 Å². The monoisotopic (exact) mass is 638 g/mol. The van der Waals surface area contributed by atoms with Gasteiger partial charge in [0.2, 0.25) is 0 Å². The van der Waals surface area contributed by atoms with Crippen molar-refractivity contribution in [3.8, 4) is 11.5 Å². The zero-order valence-corrected chi connectivity index (χ0v) is 25.5. The molecule has 42 heavy (non-hydrogen) atoms. The summed E-state index contributed by atoms with van der Waals surface area (Å²) in [6.45, 7) is 6.70. The Morgan fingerprint density at radius 3 is 2.52 bits per heavy atom. The first kappa shape index (κ1) is 31.3. The molecule has 2 aliphatic rings. The first-order valence-corrected chi connectivity index (χ1v) is 14.8. The molecule has 0 aromatic heterocycles. The van der Waals surface area contributed by atoms with Crippen LogP contribution in [0.3, 0.4) is 0 Å². The molecule has 1 fully saturated rings. The van der Waals surface area contributed by atoms with Gasteiger partial charge < -0.3 is 24.8 Å². The number of nitrogens with one attached hydrogen (secondary N) is 1. The molecule has 3 aromatic carbocycles. The molecule has 0 radical (unpaired) electrons. The van der Waals surface area contributed by atoms with Crippen molar-refractivity contribution < 1.29 is 28.6 Å². The summed E-state index contributed by atoms with van der Waals surface area (Å²) in [5.41, 5.74) is 6.76. The fourth-order valence-electron chi connectivity index (χ4n) is 4.95. The predicted molar refractivity (Wildman–Crippen MR) is 164 cm³/mol. The highest BCUT2D eigenvalue weighted by Gasteiger charge is 2.35. The van der Waals surface area contributed by atoms with Crippen molar-refractivity contribution in [1.82, 2.24) is 10.2 Å². The van der Waals surface area contributed by atoms with Crippen LogP contribution in [0.4, 0.5) is 4.39 Å². The highest BCUT2D eigenvalue weighted by Crippen LogP contribution is 2.34. The van der Waals surface area contributed by atoms with Gasteiger partial charge in [0, 0.05) is 30.8 Å². The Balaban J connectivity index is 0.00000129. The molecule has 1 amide bonds. The van der Waals surface area contributed by atoms with E-state index < -0.39 is 0 Å². The Morgan fingerprint density at radius 2 is 1.81 bits per heavy atom. The molecule has 9 heteroatoms. The molecule has 1 aliphatic heterocycles. The minimum atomic E-state index is -0.347. The SMILES string of the molecule is Cc1cccc(CN(C(=O)C2=C(c3ccc(OCCOc4cc(F)ccc4Br)cc3)CCNC2)C2CC2)c1C.O=CO. The van der Waals surface area contributed by atoms with Crippen LogP contribution in [0, 0.1) is 19.7 Å². The Kier molecular flexibility index (Phi) is 11.1. The number of ether oxygens (including phenoxy) is 2. The number of hydrogen-bond donors (Lipinski definition) is 2. The average Bonchev–Trinajstić information content (AvgIpc) is 3.84. The zero-order chi connectivity index (χ0) is 30.1. The Hall–Kier alpha value is -3.69. The van der Waals surface area contributed by atoms with E-state index in [0.29, 0.717) is 36.0 Å². The molecule has 1 aliphatic carbocycles. The topological polar surface area (TPSA) is 88.1 Å². The van der Waals surface area contributed by atoms with Crippen molar-refractivity contribution in [3.05, 3.63) is 98.8 Å². The van der Waals surface area contributed by atoms with Crippen molar-refractivity contribution in [2.24, 2.45) is 0 Å². The van der Waals surface area contributed by atoms with Crippen molar-refractivity contribution in [1.29, 1.82) is 0 Å². The maximum atomic E-state index is 13.9. The molecule has 0 spiro atoms. The molecule has 0 atom stereocenters. The number of nitrogens with zero attached hydrogens (tertiary/aromatic N) is 1. The predicted octanol–water partition coefficient (Wildman–Crippen LogP) is 6.30. The molecule has 1 saturated carbocycles. The first-order chi connectivity index (χ1) is 20.3. The summed E-state index contributed by atoms with van der Waals surface area (Å²) in [6, 6.07) is 18.9. The lowest BCUT2D eigenvalue weighted by Crippen LogP contribution is -2.39. The maximum absolute atomic E-state index is 13.9. The van der Waals surface area contributed by atoms with E-state index >= 15 is 0 Å². The van der Waals surface area contributed by atoms with E-state index in [1.54, 1.807) is 6.07 Å². The van der Waals surface area contributed by atoms with E-state index in [1.807, 2.05) is 24.3 Å². The second kappa shape index (κ2) is 15.0. The molecule has 2 N–H and O–H groups in total. The van der Waals surface area contributed by atoms with E-state index in [-0.39, 0.29) is 24.8 Å². The number of amides is 1. The Bertz CT molecular complexity index is 1420. The van der Waals surface area contributed by atoms with Gasteiger partial charge >= 0.3 is 0 Å². The van der Waals surface area contributed by atoms with Gasteiger partial charge in [-0.05, 0) is 108 Å². The molecule has 0 saturated heterocycles. The fourth-order valence-corrected chi connectivity index (χ4v) is 5.31. The minimum absolute atomic E-state index is 0.140. The van der Waals surface area contributed by atoms with Gasteiger partial charge in [-0.2, -0.15) is 0 Å². The van der Waals surface area contributed by atoms with Crippen LogP contribution in [0.5, 0.6) is 11.5 Å². The van der Waals surface area contributed by atoms with Crippen LogP contribution in [0.25, 0.3) is 5.57 Å². The molecule has 3 aromatic rings. The van der Waals surface area contributed by atoms with Gasteiger partial charge in [0.1, 0.15) is 30.5 Å². The normalized spacial score (nSPS) is 14.5. The van der Waals surface area contributed by atoms with Crippen LogP contribution in [0.1, 0.15) is 41.5 Å². The van der Waals surface area contributed by atoms with E-state index in [2.05, 4.69) is 58.2 Å². The fraction of sp³-hybridized carbons (Fsp3) is 0.333. The molecular weight excluding hydrogens is 603 g/mol. The van der Waals surface area contributed by atoms with Gasteiger partial charge in [-0.1, -0.05) is 30.3 Å². The highest BCUT2D eigenvalue weighted by molar-refractivity contribution is 9.10. The van der Waals surface area contributed by atoms with Crippen LogP contribution >= 0.6 is 15.9 Å². The van der Waals surface area contributed by atoms with Gasteiger partial charge in [-0.3, -0.25) is 9.59 Å². The number of halogens is 2. The van der Waals surface area contributed by atoms with Crippen molar-refractivity contribution in [2.75, 3.05) is 26.3 Å². The number of carbonyl (C=O) groups is 2. The molecular formula is C33H36BrFN2O5. The molecule has 5 rings (SSSR count). The summed E-state index contributed by atoms with van der Waals surface area (Å²) in [4.78, 5) is 24.4. The summed E-state index contributed by atoms with van der Waals surface area (Å²) < 4.78 is 25.6. The van der Waals surface area contributed by atoms with E-state index in [9.17, 15) is 9.18 Å². The van der Waals surface area contributed by atoms with E-state index in [1.165, 1.54) is 28.8 Å². The van der Waals surface area contributed by atoms with Gasteiger partial charge in [0.25, 0.3) is 12.4 Å². The number of aryl methyl sites for hydroxylation is 1. The molecule has 0 unspecified atom stereocenters. The number of carboxylic acid groups (broad SMARTS) is 1. The van der Waals surface area contributed by atoms with Crippen LogP contribution in [0.2, 0.25) is 0 Å². The second-order valence-corrected chi connectivity index (χ2v) is 11.2. The standard InChI is InChI=1S/C32H34BrFN2O3.CH2O2/c1-21-4-3-5-24(22(21)2)20-36(26-9-10-26)32(37)29-19-35-15-14-28(29)23-6-11-27(12-7-23)38-16-17-39-31-18-25(34)8-13-30(31)33;2-1-3/h3-8,11-13,18,26,35H,9-10,14-17,19-20H2,1-2H3;1H,(H,2,3). The largest absolute Gasteiger partial charge is 0.490 e. The Labute approximate surface area is 254 Å². The minimum Gasteiger partial charge on any atom is -0.490 e. The highest BCUT2D eigenvalue weighted by atomic mass is 79.9. The second-order valence-electron chi connectivity index (χ2n) is 10.3. The molecule has 0 bridgehead atoms. The summed E-state index contributed by atoms with van der Waals surface area (Å²) in [6.07, 6.45) is 2.94. The van der Waals surface area contributed by atoms with Gasteiger partial charge in [0.05, 0.1) is 4.47 Å². The molecule has 7 nitrogen and oxygen atoms in total. The lowest BCUT2D eigenvalue weighted by Gasteiger charge is -2.29. The van der Waals surface area contributed by atoms with Crippen molar-refractivity contribution in [2.45, 2.75) is 45.7 Å². The smallest absolute Gasteiger partial charge is 0.290 e. The Morgan fingerprint density at radius 1 is 1.10 bits per heavy atom. The molecule has 222 valence electrons. The quantitative estimate of drug-likeness (QED) is 0.200. The lowest BCUT2D eigenvalue weighted by molar-refractivity contribution is -0.128. The average molecular weight is 640 g/mol. The summed E-state index contributed by atoms with van der Waals surface area (Å²) in [5.74, 6) is 0.960. The third kappa shape index (κ3) is 8.20. The molecule has 1 heterocycles.